The first-order valence-corrected chi connectivity index (χ1v) is 4.34. The molecule has 0 saturated carbocycles. The van der Waals surface area contributed by atoms with Gasteiger partial charge in [0.15, 0.2) is 10.0 Å². The van der Waals surface area contributed by atoms with Crippen molar-refractivity contribution in [3.05, 3.63) is 0 Å². The lowest BCUT2D eigenvalue weighted by molar-refractivity contribution is -0.125. The average molecular weight is 166 g/mol. The van der Waals surface area contributed by atoms with Crippen LogP contribution in [0.5, 0.6) is 0 Å². The first-order chi connectivity index (χ1) is 4.48. The molecule has 0 bridgehead atoms. The number of hydroxylamine groups is 1. The highest BCUT2D eigenvalue weighted by Gasteiger charge is 2.02. The zero-order valence-corrected chi connectivity index (χ0v) is 6.66. The molecular weight excluding hydrogens is 156 g/mol. The van der Waals surface area contributed by atoms with Crippen LogP contribution in [0.4, 0.5) is 0 Å². The minimum absolute atomic E-state index is 0.0628. The molecule has 1 amide bonds. The van der Waals surface area contributed by atoms with E-state index in [4.69, 9.17) is 4.78 Å². The smallest absolute Gasteiger partial charge is 0.241 e. The molecule has 0 aliphatic carbocycles. The Morgan fingerprint density at radius 2 is 2.30 bits per heavy atom. The molecule has 10 heavy (non-hydrogen) atoms. The van der Waals surface area contributed by atoms with E-state index in [0.717, 1.165) is 0 Å². The van der Waals surface area contributed by atoms with Gasteiger partial charge in [-0.1, -0.05) is 6.92 Å². The molecule has 0 aromatic heterocycles. The Hall–Kier alpha value is -0.620. The lowest BCUT2D eigenvalue weighted by Gasteiger charge is -2.02. The maximum atomic E-state index is 10.7. The van der Waals surface area contributed by atoms with Crippen LogP contribution >= 0.6 is 0 Å². The van der Waals surface area contributed by atoms with Crippen molar-refractivity contribution in [1.29, 1.82) is 4.78 Å². The second kappa shape index (κ2) is 3.52. The third-order valence-corrected chi connectivity index (χ3v) is 1.81. The van der Waals surface area contributed by atoms with Gasteiger partial charge in [-0.05, 0) is 0 Å². The van der Waals surface area contributed by atoms with Crippen molar-refractivity contribution >= 4 is 15.9 Å². The molecule has 60 valence electrons. The molecule has 0 aliphatic heterocycles. The van der Waals surface area contributed by atoms with Gasteiger partial charge >= 0.3 is 0 Å². The molecule has 0 rings (SSSR count). The molecule has 0 aromatic rings. The summed E-state index contributed by atoms with van der Waals surface area (Å²) in [6.07, 6.45) is 0. The molecule has 0 fully saturated rings. The van der Waals surface area contributed by atoms with Gasteiger partial charge in [-0.3, -0.25) is 4.79 Å². The van der Waals surface area contributed by atoms with Crippen LogP contribution in [-0.2, 0) is 19.1 Å². The average Bonchev–Trinajstić information content (AvgIpc) is 1.85. The van der Waals surface area contributed by atoms with Gasteiger partial charge in [0.1, 0.15) is 0 Å². The quantitative estimate of drug-likeness (QED) is 0.581. The maximum Gasteiger partial charge on any atom is 0.241 e. The Bertz CT molecular complexity index is 209. The summed E-state index contributed by atoms with van der Waals surface area (Å²) in [4.78, 5) is 10.2. The van der Waals surface area contributed by atoms with Crippen molar-refractivity contribution in [2.45, 2.75) is 13.8 Å². The van der Waals surface area contributed by atoms with Gasteiger partial charge in [-0.15, -0.1) is 0 Å². The Labute approximate surface area is 59.9 Å². The number of hydrogen-bond acceptors (Lipinski definition) is 4. The number of hydrogen-bond donors (Lipinski definition) is 2. The van der Waals surface area contributed by atoms with Crippen molar-refractivity contribution < 1.29 is 13.3 Å². The van der Waals surface area contributed by atoms with E-state index < -0.39 is 15.9 Å². The first kappa shape index (κ1) is 9.38. The van der Waals surface area contributed by atoms with Gasteiger partial charge in [-0.25, -0.2) is 14.5 Å². The number of rotatable bonds is 3. The fourth-order valence-electron chi connectivity index (χ4n) is 0.185. The summed E-state index contributed by atoms with van der Waals surface area (Å²) >= 11 is 0. The molecule has 0 aliphatic rings. The molecular formula is C4H10N2O3S. The summed E-state index contributed by atoms with van der Waals surface area (Å²) in [5.74, 6) is -0.402. The standard InChI is InChI=1S/C4H10N2O3S/c1-3-10(5,8)9-6-4(2)7/h5H,3H2,1-2H3,(H,6,7). The largest absolute Gasteiger partial charge is 0.273 e. The first-order valence-electron chi connectivity index (χ1n) is 2.69. The van der Waals surface area contributed by atoms with Crippen LogP contribution in [0.1, 0.15) is 13.8 Å². The van der Waals surface area contributed by atoms with Crippen molar-refractivity contribution in [2.24, 2.45) is 0 Å². The third kappa shape index (κ3) is 4.28. The zero-order valence-electron chi connectivity index (χ0n) is 5.84. The normalized spacial score (nSPS) is 15.8. The van der Waals surface area contributed by atoms with E-state index in [2.05, 4.69) is 4.28 Å². The molecule has 0 aromatic carbocycles. The van der Waals surface area contributed by atoms with Crippen LogP contribution in [-0.4, -0.2) is 15.9 Å². The predicted octanol–water partition coefficient (Wildman–Crippen LogP) is 0.0358. The maximum absolute atomic E-state index is 10.7. The number of amides is 1. The van der Waals surface area contributed by atoms with Crippen LogP contribution in [0.3, 0.4) is 0 Å². The molecule has 0 saturated heterocycles. The van der Waals surface area contributed by atoms with Crippen molar-refractivity contribution in [3.8, 4) is 0 Å². The zero-order chi connectivity index (χ0) is 8.20. The topological polar surface area (TPSA) is 79.2 Å². The second-order valence-corrected chi connectivity index (χ2v) is 3.62. The van der Waals surface area contributed by atoms with Crippen LogP contribution in [0, 0.1) is 4.78 Å². The Morgan fingerprint density at radius 3 is 2.60 bits per heavy atom. The third-order valence-electron chi connectivity index (χ3n) is 0.700. The fourth-order valence-corrected chi connectivity index (χ4v) is 0.555. The summed E-state index contributed by atoms with van der Waals surface area (Å²) in [5, 5.41) is 0. The van der Waals surface area contributed by atoms with Gasteiger partial charge < -0.3 is 0 Å². The molecule has 1 unspecified atom stereocenters. The molecule has 1 atom stereocenters. The highest BCUT2D eigenvalue weighted by Crippen LogP contribution is 1.88. The van der Waals surface area contributed by atoms with Gasteiger partial charge in [0.2, 0.25) is 5.91 Å². The lowest BCUT2D eigenvalue weighted by Crippen LogP contribution is -2.24. The van der Waals surface area contributed by atoms with Crippen LogP contribution in [0.2, 0.25) is 0 Å². The molecule has 2 N–H and O–H groups in total. The van der Waals surface area contributed by atoms with Crippen molar-refractivity contribution in [3.63, 3.8) is 0 Å². The van der Waals surface area contributed by atoms with E-state index in [1.54, 1.807) is 0 Å². The van der Waals surface area contributed by atoms with E-state index in [1.807, 2.05) is 5.48 Å². The van der Waals surface area contributed by atoms with Crippen LogP contribution in [0.25, 0.3) is 0 Å². The number of nitrogens with one attached hydrogen (secondary N) is 2. The van der Waals surface area contributed by atoms with Crippen LogP contribution in [0.15, 0.2) is 0 Å². The molecule has 0 heterocycles. The minimum Gasteiger partial charge on any atom is -0.273 e. The second-order valence-electron chi connectivity index (χ2n) is 1.65. The SMILES string of the molecule is CCS(=N)(=O)ONC(C)=O. The molecule has 6 heteroatoms. The molecule has 0 radical (unpaired) electrons. The monoisotopic (exact) mass is 166 g/mol. The summed E-state index contributed by atoms with van der Waals surface area (Å²) in [6.45, 7) is 2.75. The van der Waals surface area contributed by atoms with E-state index in [0.29, 0.717) is 0 Å². The molecule has 5 nitrogen and oxygen atoms in total. The Morgan fingerprint density at radius 1 is 1.80 bits per heavy atom. The van der Waals surface area contributed by atoms with E-state index in [9.17, 15) is 9.00 Å². The summed E-state index contributed by atoms with van der Waals surface area (Å²) < 4.78 is 21.8. The number of carbonyl (C=O) groups is 1. The van der Waals surface area contributed by atoms with E-state index in [-0.39, 0.29) is 5.75 Å². The van der Waals surface area contributed by atoms with Crippen molar-refractivity contribution in [1.82, 2.24) is 5.48 Å². The van der Waals surface area contributed by atoms with Gasteiger partial charge in [0.25, 0.3) is 0 Å². The number of carbonyl (C=O) groups excluding carboxylic acids is 1. The predicted molar refractivity (Wildman–Crippen MR) is 36.3 cm³/mol. The highest BCUT2D eigenvalue weighted by molar-refractivity contribution is 7.87. The summed E-state index contributed by atoms with van der Waals surface area (Å²) in [7, 11) is -3.05. The van der Waals surface area contributed by atoms with Gasteiger partial charge in [-0.2, -0.15) is 4.28 Å². The fraction of sp³-hybridized carbons (Fsp3) is 0.750. The molecule has 0 spiro atoms. The van der Waals surface area contributed by atoms with Crippen LogP contribution < -0.4 is 5.48 Å². The van der Waals surface area contributed by atoms with Gasteiger partial charge in [0.05, 0.1) is 5.75 Å². The van der Waals surface area contributed by atoms with Crippen molar-refractivity contribution in [2.75, 3.05) is 5.75 Å². The van der Waals surface area contributed by atoms with Gasteiger partial charge in [0, 0.05) is 6.92 Å². The lowest BCUT2D eigenvalue weighted by atomic mass is 10.8. The highest BCUT2D eigenvalue weighted by atomic mass is 32.2. The summed E-state index contributed by atoms with van der Waals surface area (Å²) in [5.41, 5.74) is 1.83. The summed E-state index contributed by atoms with van der Waals surface area (Å²) in [6, 6.07) is 0. The Kier molecular flexibility index (Phi) is 3.31. The minimum atomic E-state index is -3.05. The Balaban J connectivity index is 3.81. The van der Waals surface area contributed by atoms with E-state index >= 15 is 0 Å². The van der Waals surface area contributed by atoms with E-state index in [1.165, 1.54) is 13.8 Å².